The minimum absolute atomic E-state index is 0.165. The van der Waals surface area contributed by atoms with Crippen molar-refractivity contribution >= 4 is 0 Å². The van der Waals surface area contributed by atoms with Gasteiger partial charge in [-0.2, -0.15) is 0 Å². The summed E-state index contributed by atoms with van der Waals surface area (Å²) in [6.45, 7) is 15.4. The monoisotopic (exact) mass is 282 g/mol. The van der Waals surface area contributed by atoms with Gasteiger partial charge in [-0.3, -0.25) is 0 Å². The van der Waals surface area contributed by atoms with Crippen LogP contribution in [0.5, 0.6) is 0 Å². The Hall–Kier alpha value is -0.0800. The smallest absolute Gasteiger partial charge is 0.165 e. The molecule has 1 saturated carbocycles. The molecule has 0 spiro atoms. The standard InChI is InChI=1S/C18H34O2/c1-15(2)7-9-17(5,10-8-15)11-12-18(6)19-13-16(3,4)14-20-18/h7-14H2,1-6H3. The molecule has 1 heterocycles. The third-order valence-corrected chi connectivity index (χ3v) is 5.53. The molecule has 0 N–H and O–H groups in total. The van der Waals surface area contributed by atoms with Gasteiger partial charge in [0.1, 0.15) is 0 Å². The predicted octanol–water partition coefficient (Wildman–Crippen LogP) is 5.16. The van der Waals surface area contributed by atoms with Crippen LogP contribution in [0.25, 0.3) is 0 Å². The molecule has 1 saturated heterocycles. The summed E-state index contributed by atoms with van der Waals surface area (Å²) in [5.74, 6) is -0.356. The molecule has 2 nitrogen and oxygen atoms in total. The lowest BCUT2D eigenvalue weighted by Gasteiger charge is -2.45. The Labute approximate surface area is 125 Å². The van der Waals surface area contributed by atoms with Crippen molar-refractivity contribution < 1.29 is 9.47 Å². The lowest BCUT2D eigenvalue weighted by Crippen LogP contribution is -2.46. The number of hydrogen-bond donors (Lipinski definition) is 0. The number of ether oxygens (including phenoxy) is 2. The molecule has 0 atom stereocenters. The van der Waals surface area contributed by atoms with E-state index in [4.69, 9.17) is 9.47 Å². The van der Waals surface area contributed by atoms with E-state index < -0.39 is 0 Å². The molecule has 2 fully saturated rings. The van der Waals surface area contributed by atoms with Gasteiger partial charge in [-0.1, -0.05) is 34.6 Å². The van der Waals surface area contributed by atoms with Gasteiger partial charge >= 0.3 is 0 Å². The Morgan fingerprint density at radius 1 is 0.650 bits per heavy atom. The highest BCUT2D eigenvalue weighted by atomic mass is 16.7. The molecular weight excluding hydrogens is 248 g/mol. The fourth-order valence-electron chi connectivity index (χ4n) is 3.23. The minimum Gasteiger partial charge on any atom is -0.350 e. The zero-order valence-corrected chi connectivity index (χ0v) is 14.5. The summed E-state index contributed by atoms with van der Waals surface area (Å²) in [5.41, 5.74) is 1.20. The van der Waals surface area contributed by atoms with Gasteiger partial charge in [0, 0.05) is 11.8 Å². The van der Waals surface area contributed by atoms with Gasteiger partial charge < -0.3 is 9.47 Å². The maximum absolute atomic E-state index is 6.04. The van der Waals surface area contributed by atoms with Crippen molar-refractivity contribution in [3.05, 3.63) is 0 Å². The van der Waals surface area contributed by atoms with Crippen molar-refractivity contribution in [1.29, 1.82) is 0 Å². The van der Waals surface area contributed by atoms with E-state index in [1.807, 2.05) is 0 Å². The zero-order chi connectivity index (χ0) is 15.1. The van der Waals surface area contributed by atoms with Gasteiger partial charge in [0.2, 0.25) is 0 Å². The molecule has 0 unspecified atom stereocenters. The molecule has 1 aliphatic heterocycles. The lowest BCUT2D eigenvalue weighted by atomic mass is 9.64. The minimum atomic E-state index is -0.356. The first-order chi connectivity index (χ1) is 9.04. The van der Waals surface area contributed by atoms with Crippen LogP contribution < -0.4 is 0 Å². The molecule has 0 amide bonds. The summed E-state index contributed by atoms with van der Waals surface area (Å²) in [6, 6.07) is 0. The number of hydrogen-bond acceptors (Lipinski definition) is 2. The van der Waals surface area contributed by atoms with Gasteiger partial charge in [0.05, 0.1) is 13.2 Å². The summed E-state index contributed by atoms with van der Waals surface area (Å²) >= 11 is 0. The normalized spacial score (nSPS) is 30.9. The Morgan fingerprint density at radius 3 is 1.65 bits per heavy atom. The molecule has 118 valence electrons. The number of rotatable bonds is 3. The summed E-state index contributed by atoms with van der Waals surface area (Å²) in [6.07, 6.45) is 7.66. The van der Waals surface area contributed by atoms with E-state index >= 15 is 0 Å². The summed E-state index contributed by atoms with van der Waals surface area (Å²) in [5, 5.41) is 0. The third kappa shape index (κ3) is 4.21. The Bertz CT molecular complexity index is 289. The van der Waals surface area contributed by atoms with Crippen LogP contribution in [0.1, 0.15) is 80.1 Å². The van der Waals surface area contributed by atoms with E-state index in [1.54, 1.807) is 0 Å². The molecular formula is C18H34O2. The topological polar surface area (TPSA) is 18.5 Å². The molecule has 20 heavy (non-hydrogen) atoms. The fourth-order valence-corrected chi connectivity index (χ4v) is 3.23. The van der Waals surface area contributed by atoms with E-state index in [0.29, 0.717) is 10.8 Å². The molecule has 0 aromatic heterocycles. The molecule has 2 heteroatoms. The third-order valence-electron chi connectivity index (χ3n) is 5.53. The van der Waals surface area contributed by atoms with Crippen molar-refractivity contribution in [2.24, 2.45) is 16.2 Å². The molecule has 0 bridgehead atoms. The Kier molecular flexibility index (Phi) is 4.30. The fraction of sp³-hybridized carbons (Fsp3) is 1.00. The van der Waals surface area contributed by atoms with Crippen LogP contribution in [0.4, 0.5) is 0 Å². The van der Waals surface area contributed by atoms with E-state index in [1.165, 1.54) is 32.1 Å². The van der Waals surface area contributed by atoms with Crippen LogP contribution in [0, 0.1) is 16.2 Å². The van der Waals surface area contributed by atoms with E-state index in [-0.39, 0.29) is 11.2 Å². The van der Waals surface area contributed by atoms with Crippen molar-refractivity contribution in [3.63, 3.8) is 0 Å². The average Bonchev–Trinajstić information content (AvgIpc) is 2.36. The van der Waals surface area contributed by atoms with Crippen LogP contribution >= 0.6 is 0 Å². The van der Waals surface area contributed by atoms with Crippen molar-refractivity contribution in [3.8, 4) is 0 Å². The van der Waals surface area contributed by atoms with Crippen LogP contribution in [-0.2, 0) is 9.47 Å². The quantitative estimate of drug-likeness (QED) is 0.711. The Morgan fingerprint density at radius 2 is 1.15 bits per heavy atom. The van der Waals surface area contributed by atoms with Gasteiger partial charge in [-0.25, -0.2) is 0 Å². The first-order valence-electron chi connectivity index (χ1n) is 8.31. The van der Waals surface area contributed by atoms with Crippen molar-refractivity contribution in [2.45, 2.75) is 85.9 Å². The lowest BCUT2D eigenvalue weighted by molar-refractivity contribution is -0.294. The van der Waals surface area contributed by atoms with Gasteiger partial charge in [-0.15, -0.1) is 0 Å². The van der Waals surface area contributed by atoms with E-state index in [9.17, 15) is 0 Å². The molecule has 0 aromatic rings. The Balaban J connectivity index is 1.83. The average molecular weight is 282 g/mol. The van der Waals surface area contributed by atoms with Gasteiger partial charge in [0.15, 0.2) is 5.79 Å². The van der Waals surface area contributed by atoms with E-state index in [2.05, 4.69) is 41.5 Å². The SMILES string of the molecule is CC1(C)CCC(C)(CCC2(C)OCC(C)(C)CO2)CC1. The van der Waals surface area contributed by atoms with Gasteiger partial charge in [-0.05, 0) is 49.9 Å². The second kappa shape index (κ2) is 5.28. The van der Waals surface area contributed by atoms with E-state index in [0.717, 1.165) is 19.6 Å². The molecule has 2 rings (SSSR count). The predicted molar refractivity (Wildman–Crippen MR) is 83.7 cm³/mol. The zero-order valence-electron chi connectivity index (χ0n) is 14.5. The molecule has 0 aromatic carbocycles. The largest absolute Gasteiger partial charge is 0.350 e. The summed E-state index contributed by atoms with van der Waals surface area (Å²) in [7, 11) is 0. The molecule has 1 aliphatic carbocycles. The van der Waals surface area contributed by atoms with Gasteiger partial charge in [0.25, 0.3) is 0 Å². The molecule has 0 radical (unpaired) electrons. The maximum atomic E-state index is 6.04. The summed E-state index contributed by atoms with van der Waals surface area (Å²) in [4.78, 5) is 0. The molecule has 2 aliphatic rings. The highest BCUT2D eigenvalue weighted by molar-refractivity contribution is 4.88. The summed E-state index contributed by atoms with van der Waals surface area (Å²) < 4.78 is 12.1. The maximum Gasteiger partial charge on any atom is 0.165 e. The second-order valence-corrected chi connectivity index (χ2v) is 9.35. The first kappa shape index (κ1) is 16.3. The second-order valence-electron chi connectivity index (χ2n) is 9.35. The van der Waals surface area contributed by atoms with Crippen molar-refractivity contribution in [2.75, 3.05) is 13.2 Å². The highest BCUT2D eigenvalue weighted by Crippen LogP contribution is 2.48. The highest BCUT2D eigenvalue weighted by Gasteiger charge is 2.40. The van der Waals surface area contributed by atoms with Crippen molar-refractivity contribution in [1.82, 2.24) is 0 Å². The first-order valence-corrected chi connectivity index (χ1v) is 8.31. The van der Waals surface area contributed by atoms with Crippen LogP contribution in [-0.4, -0.2) is 19.0 Å². The van der Waals surface area contributed by atoms with Crippen LogP contribution in [0.15, 0.2) is 0 Å². The van der Waals surface area contributed by atoms with Crippen LogP contribution in [0.2, 0.25) is 0 Å². The van der Waals surface area contributed by atoms with Crippen LogP contribution in [0.3, 0.4) is 0 Å².